The average Bonchev–Trinajstić information content (AvgIpc) is 2.51. The molecule has 0 saturated carbocycles. The van der Waals surface area contributed by atoms with Gasteiger partial charge in [-0.1, -0.05) is 11.6 Å². The van der Waals surface area contributed by atoms with Gasteiger partial charge >= 0.3 is 0 Å². The number of halogens is 1. The summed E-state index contributed by atoms with van der Waals surface area (Å²) < 4.78 is 5.33. The first kappa shape index (κ1) is 15.9. The van der Waals surface area contributed by atoms with Crippen LogP contribution in [0, 0.1) is 0 Å². The Balaban J connectivity index is 1.99. The molecule has 0 aromatic heterocycles. The van der Waals surface area contributed by atoms with Crippen molar-refractivity contribution < 1.29 is 14.6 Å². The van der Waals surface area contributed by atoms with Gasteiger partial charge in [-0.2, -0.15) is 5.10 Å². The van der Waals surface area contributed by atoms with Crippen molar-refractivity contribution in [3.05, 3.63) is 58.6 Å². The highest BCUT2D eigenvalue weighted by Gasteiger charge is 2.10. The van der Waals surface area contributed by atoms with Crippen LogP contribution < -0.4 is 10.2 Å². The van der Waals surface area contributed by atoms with E-state index in [9.17, 15) is 9.90 Å². The number of nitrogens with one attached hydrogen (secondary N) is 1. The Morgan fingerprint density at radius 1 is 1.32 bits per heavy atom. The van der Waals surface area contributed by atoms with Gasteiger partial charge in [-0.3, -0.25) is 4.79 Å². The molecular formula is C16H15ClN2O3. The summed E-state index contributed by atoms with van der Waals surface area (Å²) in [6, 6.07) is 11.5. The van der Waals surface area contributed by atoms with Crippen molar-refractivity contribution in [3.8, 4) is 11.5 Å². The zero-order valence-corrected chi connectivity index (χ0v) is 12.7. The van der Waals surface area contributed by atoms with Crippen molar-refractivity contribution in [2.75, 3.05) is 6.61 Å². The predicted octanol–water partition coefficient (Wildman–Crippen LogP) is 3.21. The van der Waals surface area contributed by atoms with Crippen molar-refractivity contribution >= 4 is 23.7 Å². The highest BCUT2D eigenvalue weighted by atomic mass is 35.5. The second-order valence-electron chi connectivity index (χ2n) is 4.36. The molecule has 0 heterocycles. The Kier molecular flexibility index (Phi) is 5.38. The molecule has 2 aromatic carbocycles. The lowest BCUT2D eigenvalue weighted by molar-refractivity contribution is 0.0952. The number of ether oxygens (including phenoxy) is 1. The summed E-state index contributed by atoms with van der Waals surface area (Å²) in [6.07, 6.45) is 1.50. The van der Waals surface area contributed by atoms with Crippen LogP contribution in [-0.2, 0) is 0 Å². The fourth-order valence-electron chi connectivity index (χ4n) is 1.73. The van der Waals surface area contributed by atoms with E-state index >= 15 is 0 Å². The van der Waals surface area contributed by atoms with Crippen molar-refractivity contribution in [3.63, 3.8) is 0 Å². The molecule has 5 nitrogen and oxygen atoms in total. The summed E-state index contributed by atoms with van der Waals surface area (Å²) in [7, 11) is 0. The molecule has 0 aliphatic carbocycles. The first-order valence-electron chi connectivity index (χ1n) is 6.65. The van der Waals surface area contributed by atoms with Gasteiger partial charge in [0.1, 0.15) is 11.5 Å². The third-order valence-electron chi connectivity index (χ3n) is 2.77. The summed E-state index contributed by atoms with van der Waals surface area (Å²) in [6.45, 7) is 2.52. The molecular weight excluding hydrogens is 304 g/mol. The van der Waals surface area contributed by atoms with Crippen LogP contribution >= 0.6 is 11.6 Å². The zero-order valence-electron chi connectivity index (χ0n) is 11.9. The smallest absolute Gasteiger partial charge is 0.275 e. The van der Waals surface area contributed by atoms with Gasteiger partial charge < -0.3 is 9.84 Å². The number of nitrogens with zero attached hydrogens (tertiary/aromatic N) is 1. The molecule has 0 bridgehead atoms. The molecule has 0 spiro atoms. The van der Waals surface area contributed by atoms with Crippen LogP contribution in [0.15, 0.2) is 47.6 Å². The molecule has 2 aromatic rings. The topological polar surface area (TPSA) is 70.9 Å². The highest BCUT2D eigenvalue weighted by molar-refractivity contribution is 6.31. The number of carbonyl (C=O) groups excluding carboxylic acids is 1. The number of hydrazone groups is 1. The Labute approximate surface area is 133 Å². The van der Waals surface area contributed by atoms with E-state index in [4.69, 9.17) is 16.3 Å². The SMILES string of the molecule is CCOc1ccc(/C=N/NC(=O)c2cc(Cl)ccc2O)cc1. The van der Waals surface area contributed by atoms with E-state index in [1.54, 1.807) is 0 Å². The van der Waals surface area contributed by atoms with Gasteiger partial charge in [-0.15, -0.1) is 0 Å². The molecule has 1 amide bonds. The number of aromatic hydroxyl groups is 1. The molecule has 0 atom stereocenters. The normalized spacial score (nSPS) is 10.6. The summed E-state index contributed by atoms with van der Waals surface area (Å²) in [4.78, 5) is 11.9. The molecule has 0 saturated heterocycles. The van der Waals surface area contributed by atoms with Crippen molar-refractivity contribution in [1.82, 2.24) is 5.43 Å². The van der Waals surface area contributed by atoms with Gasteiger partial charge in [0.25, 0.3) is 5.91 Å². The van der Waals surface area contributed by atoms with Crippen LogP contribution in [0.2, 0.25) is 5.02 Å². The van der Waals surface area contributed by atoms with E-state index in [2.05, 4.69) is 10.5 Å². The van der Waals surface area contributed by atoms with Gasteiger partial charge in [-0.25, -0.2) is 5.43 Å². The van der Waals surface area contributed by atoms with Crippen molar-refractivity contribution in [2.24, 2.45) is 5.10 Å². The molecule has 0 unspecified atom stereocenters. The second-order valence-corrected chi connectivity index (χ2v) is 4.80. The summed E-state index contributed by atoms with van der Waals surface area (Å²) in [5.74, 6) is 0.0767. The number of benzene rings is 2. The summed E-state index contributed by atoms with van der Waals surface area (Å²) >= 11 is 5.79. The molecule has 0 radical (unpaired) electrons. The standard InChI is InChI=1S/C16H15ClN2O3/c1-2-22-13-6-3-11(4-7-13)10-18-19-16(21)14-9-12(17)5-8-15(14)20/h3-10,20H,2H2,1H3,(H,19,21)/b18-10+. The maximum atomic E-state index is 11.9. The zero-order chi connectivity index (χ0) is 15.9. The lowest BCUT2D eigenvalue weighted by Crippen LogP contribution is -2.17. The number of phenolic OH excluding ortho intramolecular Hbond substituents is 1. The van der Waals surface area contributed by atoms with Crippen LogP contribution in [0.4, 0.5) is 0 Å². The van der Waals surface area contributed by atoms with E-state index < -0.39 is 5.91 Å². The fourth-order valence-corrected chi connectivity index (χ4v) is 1.90. The second kappa shape index (κ2) is 7.47. The maximum absolute atomic E-state index is 11.9. The molecule has 22 heavy (non-hydrogen) atoms. The van der Waals surface area contributed by atoms with E-state index in [0.29, 0.717) is 11.6 Å². The van der Waals surface area contributed by atoms with E-state index in [1.165, 1.54) is 24.4 Å². The third-order valence-corrected chi connectivity index (χ3v) is 3.01. The van der Waals surface area contributed by atoms with Crippen LogP contribution in [0.25, 0.3) is 0 Å². The number of amides is 1. The number of hydrogen-bond acceptors (Lipinski definition) is 4. The number of carbonyl (C=O) groups is 1. The van der Waals surface area contributed by atoms with Crippen molar-refractivity contribution in [2.45, 2.75) is 6.92 Å². The van der Waals surface area contributed by atoms with Crippen LogP contribution in [0.5, 0.6) is 11.5 Å². The maximum Gasteiger partial charge on any atom is 0.275 e. The van der Waals surface area contributed by atoms with Gasteiger partial charge in [0.05, 0.1) is 18.4 Å². The molecule has 2 N–H and O–H groups in total. The van der Waals surface area contributed by atoms with Gasteiger partial charge in [-0.05, 0) is 55.0 Å². The Hall–Kier alpha value is -2.53. The van der Waals surface area contributed by atoms with Crippen LogP contribution in [0.1, 0.15) is 22.8 Å². The Morgan fingerprint density at radius 3 is 2.73 bits per heavy atom. The first-order chi connectivity index (χ1) is 10.6. The molecule has 114 valence electrons. The van der Waals surface area contributed by atoms with Gasteiger partial charge in [0, 0.05) is 5.02 Å². The molecule has 2 rings (SSSR count). The summed E-state index contributed by atoms with van der Waals surface area (Å²) in [5, 5.41) is 13.8. The lowest BCUT2D eigenvalue weighted by atomic mass is 10.2. The Morgan fingerprint density at radius 2 is 2.05 bits per heavy atom. The monoisotopic (exact) mass is 318 g/mol. The number of hydrogen-bond donors (Lipinski definition) is 2. The van der Waals surface area contributed by atoms with E-state index in [0.717, 1.165) is 11.3 Å². The molecule has 0 aliphatic heterocycles. The van der Waals surface area contributed by atoms with E-state index in [1.807, 2.05) is 31.2 Å². The first-order valence-corrected chi connectivity index (χ1v) is 7.02. The number of rotatable bonds is 5. The quantitative estimate of drug-likeness (QED) is 0.657. The highest BCUT2D eigenvalue weighted by Crippen LogP contribution is 2.21. The average molecular weight is 319 g/mol. The molecule has 0 fully saturated rings. The van der Waals surface area contributed by atoms with Crippen molar-refractivity contribution in [1.29, 1.82) is 0 Å². The predicted molar refractivity (Wildman–Crippen MR) is 85.8 cm³/mol. The minimum absolute atomic E-state index is 0.0661. The van der Waals surface area contributed by atoms with Crippen LogP contribution in [-0.4, -0.2) is 23.8 Å². The summed E-state index contributed by atoms with van der Waals surface area (Å²) in [5.41, 5.74) is 3.21. The lowest BCUT2D eigenvalue weighted by Gasteiger charge is -2.04. The minimum atomic E-state index is -0.540. The van der Waals surface area contributed by atoms with Gasteiger partial charge in [0.15, 0.2) is 0 Å². The minimum Gasteiger partial charge on any atom is -0.507 e. The fraction of sp³-hybridized carbons (Fsp3) is 0.125. The largest absolute Gasteiger partial charge is 0.507 e. The number of phenols is 1. The Bertz CT molecular complexity index is 684. The van der Waals surface area contributed by atoms with Crippen LogP contribution in [0.3, 0.4) is 0 Å². The third kappa shape index (κ3) is 4.23. The van der Waals surface area contributed by atoms with Gasteiger partial charge in [0.2, 0.25) is 0 Å². The van der Waals surface area contributed by atoms with E-state index in [-0.39, 0.29) is 11.3 Å². The molecule has 0 aliphatic rings. The molecule has 6 heteroatoms.